The van der Waals surface area contributed by atoms with E-state index < -0.39 is 0 Å². The highest BCUT2D eigenvalue weighted by Crippen LogP contribution is 2.55. The van der Waals surface area contributed by atoms with Crippen LogP contribution in [0.4, 0.5) is 0 Å². The van der Waals surface area contributed by atoms with Crippen molar-refractivity contribution in [3.05, 3.63) is 17.5 Å². The number of hydrogen-bond acceptors (Lipinski definition) is 5. The number of aromatic nitrogens is 1. The monoisotopic (exact) mass is 387 g/mol. The largest absolute Gasteiger partial charge is 0.369 e. The van der Waals surface area contributed by atoms with Gasteiger partial charge in [-0.3, -0.25) is 9.59 Å². The highest BCUT2D eigenvalue weighted by atomic mass is 16.5. The van der Waals surface area contributed by atoms with Crippen LogP contribution in [0.1, 0.15) is 61.7 Å². The van der Waals surface area contributed by atoms with E-state index in [-0.39, 0.29) is 28.9 Å². The maximum atomic E-state index is 13.2. The van der Waals surface area contributed by atoms with Crippen LogP contribution in [0.3, 0.4) is 0 Å². The second-order valence-corrected chi connectivity index (χ2v) is 9.52. The minimum atomic E-state index is -0.210. The van der Waals surface area contributed by atoms with E-state index in [0.29, 0.717) is 29.8 Å². The molecule has 3 aliphatic heterocycles. The number of carbonyl (C=O) groups is 2. The molecule has 4 heterocycles. The van der Waals surface area contributed by atoms with Crippen LogP contribution >= 0.6 is 0 Å². The van der Waals surface area contributed by atoms with Crippen LogP contribution in [0.5, 0.6) is 0 Å². The number of fused-ring (bicyclic) bond motifs is 1. The van der Waals surface area contributed by atoms with E-state index in [1.807, 2.05) is 0 Å². The highest BCUT2D eigenvalue weighted by molar-refractivity contribution is 5.92. The molecule has 0 aromatic carbocycles. The fourth-order valence-corrected chi connectivity index (χ4v) is 6.14. The molecule has 152 valence electrons. The predicted octanol–water partition coefficient (Wildman–Crippen LogP) is 2.30. The Hall–Kier alpha value is -1.89. The van der Waals surface area contributed by atoms with Gasteiger partial charge >= 0.3 is 0 Å². The SMILES string of the molecule is Cc1cc(C(=O)NC[C@H]2[C@H]3CN(C(=O)C4(C)CCCC4)C[C@]34CC[C@H]2O4)no1. The average molecular weight is 387 g/mol. The Kier molecular flexibility index (Phi) is 4.09. The summed E-state index contributed by atoms with van der Waals surface area (Å²) in [7, 11) is 0. The first kappa shape index (κ1) is 18.2. The number of aryl methyl sites for hydroxylation is 1. The van der Waals surface area contributed by atoms with Gasteiger partial charge in [0.05, 0.1) is 18.2 Å². The van der Waals surface area contributed by atoms with Crippen LogP contribution < -0.4 is 5.32 Å². The summed E-state index contributed by atoms with van der Waals surface area (Å²) in [5.74, 6) is 1.27. The highest BCUT2D eigenvalue weighted by Gasteiger charge is 2.64. The maximum absolute atomic E-state index is 13.2. The summed E-state index contributed by atoms with van der Waals surface area (Å²) in [6, 6.07) is 1.65. The van der Waals surface area contributed by atoms with Crippen LogP contribution in [0.15, 0.2) is 10.6 Å². The Labute approximate surface area is 165 Å². The van der Waals surface area contributed by atoms with Gasteiger partial charge in [-0.2, -0.15) is 0 Å². The van der Waals surface area contributed by atoms with Crippen LogP contribution in [0, 0.1) is 24.2 Å². The first-order valence-corrected chi connectivity index (χ1v) is 10.6. The Balaban J connectivity index is 1.27. The second kappa shape index (κ2) is 6.31. The van der Waals surface area contributed by atoms with E-state index in [1.165, 1.54) is 0 Å². The molecular weight excluding hydrogens is 358 g/mol. The van der Waals surface area contributed by atoms with Gasteiger partial charge in [0.1, 0.15) is 5.76 Å². The fourth-order valence-electron chi connectivity index (χ4n) is 6.14. The summed E-state index contributed by atoms with van der Waals surface area (Å²) in [4.78, 5) is 27.6. The Morgan fingerprint density at radius 2 is 2.11 bits per heavy atom. The van der Waals surface area contributed by atoms with Crippen molar-refractivity contribution in [3.63, 3.8) is 0 Å². The van der Waals surface area contributed by atoms with Crippen LogP contribution in [0.2, 0.25) is 0 Å². The number of ether oxygens (including phenoxy) is 1. The van der Waals surface area contributed by atoms with Crippen molar-refractivity contribution in [2.24, 2.45) is 17.3 Å². The third-order valence-corrected chi connectivity index (χ3v) is 7.65. The van der Waals surface area contributed by atoms with E-state index in [2.05, 4.69) is 22.3 Å². The summed E-state index contributed by atoms with van der Waals surface area (Å²) in [5, 5.41) is 6.80. The maximum Gasteiger partial charge on any atom is 0.273 e. The smallest absolute Gasteiger partial charge is 0.273 e. The van der Waals surface area contributed by atoms with E-state index in [4.69, 9.17) is 9.26 Å². The first-order valence-electron chi connectivity index (χ1n) is 10.6. The molecule has 4 aliphatic rings. The van der Waals surface area contributed by atoms with Gasteiger partial charge in [-0.25, -0.2) is 0 Å². The Morgan fingerprint density at radius 3 is 2.82 bits per heavy atom. The van der Waals surface area contributed by atoms with Gasteiger partial charge in [0.2, 0.25) is 5.91 Å². The molecule has 1 spiro atoms. The number of nitrogens with one attached hydrogen (secondary N) is 1. The van der Waals surface area contributed by atoms with Crippen molar-refractivity contribution < 1.29 is 18.8 Å². The molecule has 1 saturated carbocycles. The van der Waals surface area contributed by atoms with Crippen molar-refractivity contribution >= 4 is 11.8 Å². The molecule has 7 heteroatoms. The summed E-state index contributed by atoms with van der Waals surface area (Å²) in [5.41, 5.74) is -0.0783. The molecular formula is C21H29N3O4. The number of hydrogen-bond donors (Lipinski definition) is 1. The lowest BCUT2D eigenvalue weighted by Crippen LogP contribution is -2.42. The van der Waals surface area contributed by atoms with Crippen molar-refractivity contribution in [1.29, 1.82) is 0 Å². The molecule has 2 amide bonds. The molecule has 4 fully saturated rings. The normalized spacial score (nSPS) is 35.4. The molecule has 2 bridgehead atoms. The molecule has 1 aromatic heterocycles. The lowest BCUT2D eigenvalue weighted by atomic mass is 9.73. The van der Waals surface area contributed by atoms with Crippen LogP contribution in [0.25, 0.3) is 0 Å². The van der Waals surface area contributed by atoms with E-state index in [0.717, 1.165) is 51.6 Å². The molecule has 5 rings (SSSR count). The van der Waals surface area contributed by atoms with Crippen molar-refractivity contribution in [3.8, 4) is 0 Å². The first-order chi connectivity index (χ1) is 13.4. The second-order valence-electron chi connectivity index (χ2n) is 9.52. The number of nitrogens with zero attached hydrogens (tertiary/aromatic N) is 2. The zero-order valence-electron chi connectivity index (χ0n) is 16.7. The molecule has 0 radical (unpaired) electrons. The molecule has 1 aliphatic carbocycles. The van der Waals surface area contributed by atoms with Gasteiger partial charge in [0.15, 0.2) is 5.69 Å². The summed E-state index contributed by atoms with van der Waals surface area (Å²) in [6.45, 7) is 5.93. The zero-order valence-corrected chi connectivity index (χ0v) is 16.7. The van der Waals surface area contributed by atoms with E-state index in [1.54, 1.807) is 13.0 Å². The van der Waals surface area contributed by atoms with Crippen molar-refractivity contribution in [2.45, 2.75) is 64.1 Å². The zero-order chi connectivity index (χ0) is 19.5. The van der Waals surface area contributed by atoms with Crippen LogP contribution in [-0.4, -0.2) is 53.2 Å². The predicted molar refractivity (Wildman–Crippen MR) is 101 cm³/mol. The van der Waals surface area contributed by atoms with Gasteiger partial charge in [0, 0.05) is 36.4 Å². The third kappa shape index (κ3) is 2.70. The summed E-state index contributed by atoms with van der Waals surface area (Å²) >= 11 is 0. The Morgan fingerprint density at radius 1 is 1.32 bits per heavy atom. The van der Waals surface area contributed by atoms with E-state index >= 15 is 0 Å². The van der Waals surface area contributed by atoms with E-state index in [9.17, 15) is 9.59 Å². The number of carbonyl (C=O) groups excluding carboxylic acids is 2. The molecule has 1 N–H and O–H groups in total. The fraction of sp³-hybridized carbons (Fsp3) is 0.762. The lowest BCUT2D eigenvalue weighted by Gasteiger charge is -2.30. The molecule has 3 saturated heterocycles. The number of likely N-dealkylation sites (tertiary alicyclic amines) is 1. The summed E-state index contributed by atoms with van der Waals surface area (Å²) < 4.78 is 11.4. The van der Waals surface area contributed by atoms with Crippen molar-refractivity contribution in [1.82, 2.24) is 15.4 Å². The quantitative estimate of drug-likeness (QED) is 0.857. The minimum absolute atomic E-state index is 0.184. The van der Waals surface area contributed by atoms with Gasteiger partial charge < -0.3 is 19.5 Å². The van der Waals surface area contributed by atoms with Gasteiger partial charge in [-0.1, -0.05) is 24.9 Å². The molecule has 0 unspecified atom stereocenters. The lowest BCUT2D eigenvalue weighted by molar-refractivity contribution is -0.141. The minimum Gasteiger partial charge on any atom is -0.369 e. The van der Waals surface area contributed by atoms with Crippen molar-refractivity contribution in [2.75, 3.05) is 19.6 Å². The molecule has 7 nitrogen and oxygen atoms in total. The average Bonchev–Trinajstić information content (AvgIpc) is 3.46. The Bertz CT molecular complexity index is 799. The van der Waals surface area contributed by atoms with Crippen LogP contribution in [-0.2, 0) is 9.53 Å². The van der Waals surface area contributed by atoms with Gasteiger partial charge in [-0.05, 0) is 32.6 Å². The molecule has 4 atom stereocenters. The molecule has 28 heavy (non-hydrogen) atoms. The third-order valence-electron chi connectivity index (χ3n) is 7.65. The summed E-state index contributed by atoms with van der Waals surface area (Å²) in [6.07, 6.45) is 6.53. The van der Waals surface area contributed by atoms with Gasteiger partial charge in [-0.15, -0.1) is 0 Å². The van der Waals surface area contributed by atoms with Gasteiger partial charge in [0.25, 0.3) is 5.91 Å². The topological polar surface area (TPSA) is 84.7 Å². The standard InChI is InChI=1S/C21H29N3O4/c1-13-9-16(23-28-13)18(25)22-10-14-15-11-24(12-21(15)8-5-17(14)27-21)19(26)20(2)6-3-4-7-20/h9,14-15,17H,3-8,10-12H2,1-2H3,(H,22,25)/t14-,15+,17+,21+/m0/s1. The number of rotatable bonds is 4. The molecule has 1 aromatic rings. The number of amides is 2.